The van der Waals surface area contributed by atoms with Gasteiger partial charge in [0.15, 0.2) is 5.78 Å². The van der Waals surface area contributed by atoms with Crippen LogP contribution in [0.25, 0.3) is 5.57 Å². The number of carbonyl (C=O) groups excluding carboxylic acids is 3. The number of allylic oxidation sites excluding steroid dienone is 6. The van der Waals surface area contributed by atoms with E-state index in [1.807, 2.05) is 26.0 Å². The number of H-pyrrole nitrogens is 1. The van der Waals surface area contributed by atoms with E-state index >= 15 is 0 Å². The van der Waals surface area contributed by atoms with E-state index in [0.717, 1.165) is 24.2 Å². The van der Waals surface area contributed by atoms with Crippen molar-refractivity contribution >= 4 is 29.1 Å². The van der Waals surface area contributed by atoms with Gasteiger partial charge >= 0.3 is 0 Å². The van der Waals surface area contributed by atoms with Crippen molar-refractivity contribution in [3.8, 4) is 0 Å². The summed E-state index contributed by atoms with van der Waals surface area (Å²) < 4.78 is 0. The van der Waals surface area contributed by atoms with E-state index in [1.165, 1.54) is 12.2 Å². The van der Waals surface area contributed by atoms with Crippen LogP contribution in [0.4, 0.5) is 0 Å². The first kappa shape index (κ1) is 20.1. The number of hydrogen-bond donors (Lipinski definition) is 2. The fourth-order valence-corrected chi connectivity index (χ4v) is 3.97. The molecule has 0 spiro atoms. The molecule has 0 saturated carbocycles. The fraction of sp³-hybridized carbons (Fsp3) is 0.304. The Hall–Kier alpha value is -3.16. The maximum atomic E-state index is 12.7. The fourth-order valence-electron chi connectivity index (χ4n) is 3.97. The van der Waals surface area contributed by atoms with E-state index in [2.05, 4.69) is 15.3 Å². The highest BCUT2D eigenvalue weighted by molar-refractivity contribution is 6.51. The van der Waals surface area contributed by atoms with Gasteiger partial charge in [-0.1, -0.05) is 0 Å². The van der Waals surface area contributed by atoms with Crippen LogP contribution in [0.3, 0.4) is 0 Å². The Kier molecular flexibility index (Phi) is 5.32. The molecule has 0 unspecified atom stereocenters. The predicted octanol–water partition coefficient (Wildman–Crippen LogP) is 1.65. The van der Waals surface area contributed by atoms with Crippen LogP contribution in [-0.2, 0) is 16.0 Å². The van der Waals surface area contributed by atoms with Gasteiger partial charge in [-0.05, 0) is 69.9 Å². The third kappa shape index (κ3) is 3.36. The standard InChI is InChI=1S/C23H24N4O3/c1-24-8-6-13-11-25-21-15(4-5-17(28)19(13)21)16-10-18(29)23(30)20-14(7-9-27(2)3)12-26-22(16)20/h4-5,10-12,24,26H,6-9H2,1-3H3. The van der Waals surface area contributed by atoms with Crippen molar-refractivity contribution in [2.45, 2.75) is 12.8 Å². The smallest absolute Gasteiger partial charge is 0.235 e. The third-order valence-electron chi connectivity index (χ3n) is 5.53. The van der Waals surface area contributed by atoms with Gasteiger partial charge in [0, 0.05) is 30.1 Å². The van der Waals surface area contributed by atoms with Crippen LogP contribution in [0, 0.1) is 0 Å². The van der Waals surface area contributed by atoms with Crippen molar-refractivity contribution in [3.63, 3.8) is 0 Å². The molecule has 7 nitrogen and oxygen atoms in total. The summed E-state index contributed by atoms with van der Waals surface area (Å²) in [5.74, 6) is -1.13. The molecule has 30 heavy (non-hydrogen) atoms. The molecule has 7 heteroatoms. The molecular weight excluding hydrogens is 380 g/mol. The number of nitrogens with one attached hydrogen (secondary N) is 2. The molecule has 0 aromatic carbocycles. The maximum absolute atomic E-state index is 12.7. The van der Waals surface area contributed by atoms with Crippen LogP contribution in [0.5, 0.6) is 0 Å². The summed E-state index contributed by atoms with van der Waals surface area (Å²) in [4.78, 5) is 47.5. The van der Waals surface area contributed by atoms with E-state index in [1.54, 1.807) is 18.5 Å². The number of rotatable bonds is 7. The normalized spacial score (nSPS) is 18.0. The molecule has 0 radical (unpaired) electrons. The molecular formula is C23H24N4O3. The highest BCUT2D eigenvalue weighted by Crippen LogP contribution is 2.40. The van der Waals surface area contributed by atoms with Gasteiger partial charge in [0.1, 0.15) is 0 Å². The molecule has 0 bridgehead atoms. The molecule has 1 aliphatic heterocycles. The molecule has 4 rings (SSSR count). The van der Waals surface area contributed by atoms with Gasteiger partial charge in [0.2, 0.25) is 11.6 Å². The molecule has 1 aromatic heterocycles. The summed E-state index contributed by atoms with van der Waals surface area (Å²) in [6.45, 7) is 1.50. The lowest BCUT2D eigenvalue weighted by atomic mass is 9.84. The average molecular weight is 404 g/mol. The van der Waals surface area contributed by atoms with Crippen LogP contribution >= 0.6 is 0 Å². The number of hydrogen-bond acceptors (Lipinski definition) is 6. The number of Topliss-reactive ketones (excluding diaryl/α,β-unsaturated/α-hetero) is 1. The first-order valence-corrected chi connectivity index (χ1v) is 9.97. The molecule has 2 aliphatic carbocycles. The Morgan fingerprint density at radius 2 is 1.90 bits per heavy atom. The Labute approximate surface area is 174 Å². The molecule has 2 N–H and O–H groups in total. The zero-order valence-electron chi connectivity index (χ0n) is 17.3. The number of likely N-dealkylation sites (N-methyl/N-ethyl adjacent to an activating group) is 1. The van der Waals surface area contributed by atoms with Crippen molar-refractivity contribution in [1.29, 1.82) is 0 Å². The van der Waals surface area contributed by atoms with Crippen molar-refractivity contribution in [2.24, 2.45) is 4.99 Å². The van der Waals surface area contributed by atoms with E-state index in [4.69, 9.17) is 0 Å². The van der Waals surface area contributed by atoms with Gasteiger partial charge in [0.25, 0.3) is 0 Å². The minimum absolute atomic E-state index is 0.0884. The summed E-state index contributed by atoms with van der Waals surface area (Å²) in [5.41, 5.74) is 5.19. The Morgan fingerprint density at radius 3 is 2.63 bits per heavy atom. The lowest BCUT2D eigenvalue weighted by molar-refractivity contribution is -0.111. The second kappa shape index (κ2) is 7.93. The van der Waals surface area contributed by atoms with Gasteiger partial charge in [-0.15, -0.1) is 0 Å². The largest absolute Gasteiger partial charge is 0.360 e. The summed E-state index contributed by atoms with van der Waals surface area (Å²) in [5, 5.41) is 3.08. The van der Waals surface area contributed by atoms with Crippen molar-refractivity contribution < 1.29 is 14.4 Å². The first-order valence-electron chi connectivity index (χ1n) is 9.97. The minimum Gasteiger partial charge on any atom is -0.360 e. The molecule has 0 saturated heterocycles. The van der Waals surface area contributed by atoms with Gasteiger partial charge in [0.05, 0.1) is 22.5 Å². The predicted molar refractivity (Wildman–Crippen MR) is 116 cm³/mol. The topological polar surface area (TPSA) is 94.6 Å². The number of aromatic amines is 1. The van der Waals surface area contributed by atoms with E-state index in [-0.39, 0.29) is 5.78 Å². The van der Waals surface area contributed by atoms with Crippen molar-refractivity contribution in [1.82, 2.24) is 15.2 Å². The molecule has 154 valence electrons. The van der Waals surface area contributed by atoms with Gasteiger partial charge in [-0.25, -0.2) is 0 Å². The Morgan fingerprint density at radius 1 is 1.10 bits per heavy atom. The van der Waals surface area contributed by atoms with Crippen LogP contribution in [0.1, 0.15) is 28.0 Å². The summed E-state index contributed by atoms with van der Waals surface area (Å²) in [6, 6.07) is 0. The van der Waals surface area contributed by atoms with Crippen LogP contribution in [-0.4, -0.2) is 67.7 Å². The highest BCUT2D eigenvalue weighted by Gasteiger charge is 2.34. The molecule has 0 fully saturated rings. The zero-order chi connectivity index (χ0) is 21.4. The average Bonchev–Trinajstić information content (AvgIpc) is 3.33. The Balaban J connectivity index is 1.80. The minimum atomic E-state index is -0.551. The summed E-state index contributed by atoms with van der Waals surface area (Å²) >= 11 is 0. The number of aromatic nitrogens is 1. The second-order valence-corrected chi connectivity index (χ2v) is 7.84. The summed E-state index contributed by atoms with van der Waals surface area (Å²) in [6.07, 6.45) is 9.43. The molecule has 0 amide bonds. The van der Waals surface area contributed by atoms with Gasteiger partial charge in [-0.3, -0.25) is 19.4 Å². The van der Waals surface area contributed by atoms with E-state index in [9.17, 15) is 14.4 Å². The van der Waals surface area contributed by atoms with E-state index < -0.39 is 11.6 Å². The zero-order valence-corrected chi connectivity index (χ0v) is 17.3. The third-order valence-corrected chi connectivity index (χ3v) is 5.53. The lowest BCUT2D eigenvalue weighted by Gasteiger charge is -2.19. The number of aliphatic imine (C=N–C) groups is 1. The van der Waals surface area contributed by atoms with Gasteiger partial charge in [-0.2, -0.15) is 0 Å². The number of fused-ring (bicyclic) bond motifs is 2. The van der Waals surface area contributed by atoms with Crippen molar-refractivity contribution in [2.75, 3.05) is 34.2 Å². The number of ketones is 3. The molecule has 0 atom stereocenters. The maximum Gasteiger partial charge on any atom is 0.235 e. The summed E-state index contributed by atoms with van der Waals surface area (Å²) in [7, 11) is 5.79. The Bertz CT molecular complexity index is 1110. The SMILES string of the molecule is CNCCC1=C2C(=O)C=CC(C3=CC(=O)C(=O)c4c(CCN(C)C)c[nH]c43)=C2N=C1. The number of carbonyl (C=O) groups is 3. The van der Waals surface area contributed by atoms with Crippen LogP contribution < -0.4 is 5.32 Å². The highest BCUT2D eigenvalue weighted by atomic mass is 16.2. The molecule has 3 aliphatic rings. The van der Waals surface area contributed by atoms with Crippen LogP contribution in [0.15, 0.2) is 51.8 Å². The van der Waals surface area contributed by atoms with Gasteiger partial charge < -0.3 is 15.2 Å². The monoisotopic (exact) mass is 404 g/mol. The number of nitrogens with zero attached hydrogens (tertiary/aromatic N) is 2. The first-order chi connectivity index (χ1) is 14.4. The quantitative estimate of drug-likeness (QED) is 0.674. The molecule has 1 aromatic rings. The van der Waals surface area contributed by atoms with Crippen molar-refractivity contribution in [3.05, 3.63) is 63.7 Å². The second-order valence-electron chi connectivity index (χ2n) is 7.84. The van der Waals surface area contributed by atoms with Crippen LogP contribution in [0.2, 0.25) is 0 Å². The lowest BCUT2D eigenvalue weighted by Crippen LogP contribution is -2.22. The van der Waals surface area contributed by atoms with E-state index in [0.29, 0.717) is 46.5 Å². The molecule has 2 heterocycles.